The lowest BCUT2D eigenvalue weighted by atomic mass is 9.94. The van der Waals surface area contributed by atoms with Gasteiger partial charge in [-0.1, -0.05) is 36.4 Å². The normalized spacial score (nSPS) is 16.2. The molecule has 0 radical (unpaired) electrons. The molecule has 1 atom stereocenters. The highest BCUT2D eigenvalue weighted by Crippen LogP contribution is 2.43. The number of aliphatic hydroxyl groups is 1. The highest BCUT2D eigenvalue weighted by molar-refractivity contribution is 6.15. The molecule has 4 aromatic rings. The zero-order valence-corrected chi connectivity index (χ0v) is 17.2. The van der Waals surface area contributed by atoms with E-state index in [0.29, 0.717) is 11.3 Å². The number of hydrogen-bond donors (Lipinski definition) is 2. The van der Waals surface area contributed by atoms with E-state index >= 15 is 0 Å². The number of aromatic amines is 1. The highest BCUT2D eigenvalue weighted by atomic mass is 16.5. The number of ketones is 1. The first-order valence-corrected chi connectivity index (χ1v) is 10.1. The van der Waals surface area contributed by atoms with Gasteiger partial charge in [0.05, 0.1) is 31.5 Å². The minimum absolute atomic E-state index is 0.00963. The molecule has 1 unspecified atom stereocenters. The number of nitrogens with zero attached hydrogens (tertiary/aromatic N) is 1. The van der Waals surface area contributed by atoms with Crippen LogP contribution in [-0.4, -0.2) is 33.8 Å². The summed E-state index contributed by atoms with van der Waals surface area (Å²) in [5, 5.41) is 11.7. The van der Waals surface area contributed by atoms with Gasteiger partial charge in [-0.2, -0.15) is 0 Å². The van der Waals surface area contributed by atoms with Gasteiger partial charge in [0.2, 0.25) is 5.78 Å². The van der Waals surface area contributed by atoms with E-state index in [0.717, 1.165) is 16.5 Å². The van der Waals surface area contributed by atoms with Gasteiger partial charge in [-0.15, -0.1) is 0 Å². The number of H-pyrrole nitrogens is 1. The maximum Gasteiger partial charge on any atom is 0.290 e. The molecule has 0 spiro atoms. The van der Waals surface area contributed by atoms with Gasteiger partial charge < -0.3 is 24.1 Å². The van der Waals surface area contributed by atoms with Crippen molar-refractivity contribution in [1.29, 1.82) is 0 Å². The molecule has 32 heavy (non-hydrogen) atoms. The van der Waals surface area contributed by atoms with Crippen molar-refractivity contribution < 1.29 is 23.8 Å². The second-order valence-corrected chi connectivity index (χ2v) is 7.51. The van der Waals surface area contributed by atoms with Crippen LogP contribution in [0.2, 0.25) is 0 Å². The van der Waals surface area contributed by atoms with Crippen molar-refractivity contribution in [2.45, 2.75) is 12.6 Å². The molecule has 1 aliphatic rings. The first kappa shape index (κ1) is 19.7. The van der Waals surface area contributed by atoms with Crippen LogP contribution in [0, 0.1) is 0 Å². The fraction of sp³-hybridized carbons (Fsp3) is 0.120. The fourth-order valence-corrected chi connectivity index (χ4v) is 4.25. The Labute approximate surface area is 183 Å². The smallest absolute Gasteiger partial charge is 0.290 e. The summed E-state index contributed by atoms with van der Waals surface area (Å²) in [6.07, 6.45) is 3.15. The Balaban J connectivity index is 1.66. The van der Waals surface area contributed by atoms with Crippen molar-refractivity contribution in [2.24, 2.45) is 0 Å². The first-order valence-electron chi connectivity index (χ1n) is 10.1. The summed E-state index contributed by atoms with van der Waals surface area (Å²) in [6, 6.07) is 17.3. The summed E-state index contributed by atoms with van der Waals surface area (Å²) in [6.45, 7) is 0.145. The zero-order chi connectivity index (χ0) is 22.2. The molecular weight excluding hydrogens is 408 g/mol. The molecule has 2 N–H and O–H groups in total. The molecule has 0 fully saturated rings. The van der Waals surface area contributed by atoms with Gasteiger partial charge in [0.15, 0.2) is 11.5 Å². The van der Waals surface area contributed by atoms with Crippen molar-refractivity contribution in [1.82, 2.24) is 9.88 Å². The minimum atomic E-state index is -0.804. The second-order valence-electron chi connectivity index (χ2n) is 7.51. The molecule has 1 aliphatic heterocycles. The van der Waals surface area contributed by atoms with E-state index < -0.39 is 23.5 Å². The third-order valence-corrected chi connectivity index (χ3v) is 5.74. The van der Waals surface area contributed by atoms with E-state index in [1.54, 1.807) is 25.4 Å². The maximum absolute atomic E-state index is 13.3. The Morgan fingerprint density at radius 1 is 1.12 bits per heavy atom. The summed E-state index contributed by atoms with van der Waals surface area (Å²) in [4.78, 5) is 31.2. The van der Waals surface area contributed by atoms with Crippen LogP contribution < -0.4 is 4.74 Å². The standard InChI is InChI=1S/C25H20N2O5/c1-31-19-10-5-2-7-15(19)14-27-22(17-13-26-18-9-4-3-8-16(17)18)21(24(29)25(27)30)23(28)20-11-6-12-32-20/h2-13,22,26,29H,14H2,1H3. The van der Waals surface area contributed by atoms with E-state index in [-0.39, 0.29) is 17.9 Å². The molecule has 0 aliphatic carbocycles. The number of methoxy groups -OCH3 is 1. The average Bonchev–Trinajstić information content (AvgIpc) is 3.55. The first-order chi connectivity index (χ1) is 15.6. The number of benzene rings is 2. The molecular formula is C25H20N2O5. The van der Waals surface area contributed by atoms with E-state index in [2.05, 4.69) is 4.98 Å². The lowest BCUT2D eigenvalue weighted by molar-refractivity contribution is -0.130. The summed E-state index contributed by atoms with van der Waals surface area (Å²) < 4.78 is 10.7. The van der Waals surface area contributed by atoms with Crippen LogP contribution in [0.15, 0.2) is 88.9 Å². The molecule has 1 amide bonds. The van der Waals surface area contributed by atoms with Gasteiger partial charge in [-0.25, -0.2) is 0 Å². The average molecular weight is 428 g/mol. The van der Waals surface area contributed by atoms with Crippen LogP contribution >= 0.6 is 0 Å². The summed E-state index contributed by atoms with van der Waals surface area (Å²) in [5.41, 5.74) is 2.32. The van der Waals surface area contributed by atoms with E-state index in [9.17, 15) is 14.7 Å². The number of amides is 1. The van der Waals surface area contributed by atoms with Gasteiger partial charge >= 0.3 is 0 Å². The monoisotopic (exact) mass is 428 g/mol. The van der Waals surface area contributed by atoms with Crippen LogP contribution in [0.1, 0.15) is 27.7 Å². The van der Waals surface area contributed by atoms with Crippen LogP contribution in [0.3, 0.4) is 0 Å². The lowest BCUT2D eigenvalue weighted by Gasteiger charge is -2.27. The number of carbonyl (C=O) groups excluding carboxylic acids is 2. The Morgan fingerprint density at radius 2 is 1.91 bits per heavy atom. The van der Waals surface area contributed by atoms with Crippen LogP contribution in [-0.2, 0) is 11.3 Å². The predicted molar refractivity (Wildman–Crippen MR) is 117 cm³/mol. The molecule has 2 aromatic carbocycles. The van der Waals surface area contributed by atoms with Crippen molar-refractivity contribution in [2.75, 3.05) is 7.11 Å². The van der Waals surface area contributed by atoms with Crippen molar-refractivity contribution >= 4 is 22.6 Å². The van der Waals surface area contributed by atoms with E-state index in [4.69, 9.17) is 9.15 Å². The molecule has 0 saturated heterocycles. The van der Waals surface area contributed by atoms with Gasteiger partial charge in [-0.3, -0.25) is 9.59 Å². The number of ether oxygens (including phenoxy) is 1. The number of aromatic nitrogens is 1. The molecule has 5 rings (SSSR count). The van der Waals surface area contributed by atoms with Crippen LogP contribution in [0.5, 0.6) is 5.75 Å². The fourth-order valence-electron chi connectivity index (χ4n) is 4.25. The van der Waals surface area contributed by atoms with Crippen molar-refractivity contribution in [3.8, 4) is 5.75 Å². The highest BCUT2D eigenvalue weighted by Gasteiger charge is 2.45. The quantitative estimate of drug-likeness (QED) is 0.439. The number of carbonyl (C=O) groups is 2. The molecule has 0 bridgehead atoms. The topological polar surface area (TPSA) is 95.8 Å². The summed E-state index contributed by atoms with van der Waals surface area (Å²) in [5.74, 6) is -1.05. The van der Waals surface area contributed by atoms with Crippen LogP contribution in [0.4, 0.5) is 0 Å². The maximum atomic E-state index is 13.3. The predicted octanol–water partition coefficient (Wildman–Crippen LogP) is 4.55. The lowest BCUT2D eigenvalue weighted by Crippen LogP contribution is -2.30. The Kier molecular flexibility index (Phi) is 4.78. The largest absolute Gasteiger partial charge is 0.503 e. The number of nitrogens with one attached hydrogen (secondary N) is 1. The van der Waals surface area contributed by atoms with Gasteiger partial charge in [0.1, 0.15) is 5.75 Å². The van der Waals surface area contributed by atoms with Gasteiger partial charge in [0, 0.05) is 28.2 Å². The van der Waals surface area contributed by atoms with Gasteiger partial charge in [-0.05, 0) is 24.3 Å². The summed E-state index contributed by atoms with van der Waals surface area (Å²) >= 11 is 0. The minimum Gasteiger partial charge on any atom is -0.503 e. The third kappa shape index (κ3) is 3.06. The number of Topliss-reactive ketones (excluding diaryl/α,β-unsaturated/α-hetero) is 1. The molecule has 7 nitrogen and oxygen atoms in total. The SMILES string of the molecule is COc1ccccc1CN1C(=O)C(O)=C(C(=O)c2ccco2)C1c1c[nH]c2ccccc12. The van der Waals surface area contributed by atoms with Crippen molar-refractivity contribution in [3.63, 3.8) is 0 Å². The van der Waals surface area contributed by atoms with Crippen LogP contribution in [0.25, 0.3) is 10.9 Å². The second kappa shape index (κ2) is 7.77. The number of hydrogen-bond acceptors (Lipinski definition) is 5. The molecule has 3 heterocycles. The van der Waals surface area contributed by atoms with E-state index in [1.165, 1.54) is 17.2 Å². The third-order valence-electron chi connectivity index (χ3n) is 5.74. The Bertz CT molecular complexity index is 1350. The van der Waals surface area contributed by atoms with E-state index in [1.807, 2.05) is 42.5 Å². The van der Waals surface area contributed by atoms with Gasteiger partial charge in [0.25, 0.3) is 5.91 Å². The summed E-state index contributed by atoms with van der Waals surface area (Å²) in [7, 11) is 1.56. The molecule has 7 heteroatoms. The Hall–Kier alpha value is -4.26. The zero-order valence-electron chi connectivity index (χ0n) is 17.2. The molecule has 160 valence electrons. The number of fused-ring (bicyclic) bond motifs is 1. The number of para-hydroxylation sites is 2. The Morgan fingerprint density at radius 3 is 2.69 bits per heavy atom. The molecule has 0 saturated carbocycles. The number of aliphatic hydroxyl groups excluding tert-OH is 1. The number of furan rings is 1. The number of rotatable bonds is 6. The van der Waals surface area contributed by atoms with Crippen molar-refractivity contribution in [3.05, 3.63) is 101 Å². The molecule has 2 aromatic heterocycles.